The quantitative estimate of drug-likeness (QED) is 0.895. The Hall–Kier alpha value is -0.480. The predicted molar refractivity (Wildman–Crippen MR) is 81.2 cm³/mol. The van der Waals surface area contributed by atoms with E-state index in [1.807, 2.05) is 6.07 Å². The molecule has 106 valence electrons. The first kappa shape index (κ1) is 16.6. The van der Waals surface area contributed by atoms with Crippen LogP contribution in [0.4, 0.5) is 0 Å². The van der Waals surface area contributed by atoms with Gasteiger partial charge in [0.1, 0.15) is 0 Å². The van der Waals surface area contributed by atoms with Crippen LogP contribution >= 0.6 is 35.6 Å². The van der Waals surface area contributed by atoms with Crippen molar-refractivity contribution < 1.29 is 4.79 Å². The maximum absolute atomic E-state index is 11.8. The highest BCUT2D eigenvalue weighted by Gasteiger charge is 2.39. The monoisotopic (exact) mass is 322 g/mol. The van der Waals surface area contributed by atoms with Gasteiger partial charge in [0, 0.05) is 16.6 Å². The highest BCUT2D eigenvalue weighted by molar-refractivity contribution is 6.35. The van der Waals surface area contributed by atoms with Crippen molar-refractivity contribution in [2.45, 2.75) is 31.2 Å². The van der Waals surface area contributed by atoms with Gasteiger partial charge in [-0.15, -0.1) is 12.4 Å². The van der Waals surface area contributed by atoms with Crippen molar-refractivity contribution in [1.82, 2.24) is 5.32 Å². The average Bonchev–Trinajstić information content (AvgIpc) is 2.28. The second-order valence-electron chi connectivity index (χ2n) is 4.75. The van der Waals surface area contributed by atoms with Crippen molar-refractivity contribution >= 4 is 41.5 Å². The zero-order valence-electron chi connectivity index (χ0n) is 10.4. The molecule has 0 bridgehead atoms. The van der Waals surface area contributed by atoms with Crippen molar-refractivity contribution in [2.75, 3.05) is 6.54 Å². The first-order chi connectivity index (χ1) is 8.51. The van der Waals surface area contributed by atoms with E-state index in [1.165, 1.54) is 0 Å². The lowest BCUT2D eigenvalue weighted by atomic mass is 9.77. The summed E-state index contributed by atoms with van der Waals surface area (Å²) in [5.41, 5.74) is 6.26. The molecule has 1 amide bonds. The number of carbonyl (C=O) groups is 1. The molecule has 1 aliphatic carbocycles. The Morgan fingerprint density at radius 3 is 2.58 bits per heavy atom. The zero-order valence-corrected chi connectivity index (χ0v) is 12.7. The maximum Gasteiger partial charge on any atom is 0.240 e. The normalized spacial score (nSPS) is 16.2. The van der Waals surface area contributed by atoms with Crippen LogP contribution in [-0.2, 0) is 11.2 Å². The fourth-order valence-corrected chi connectivity index (χ4v) is 2.50. The fraction of sp³-hybridized carbons (Fsp3) is 0.462. The minimum absolute atomic E-state index is 0. The summed E-state index contributed by atoms with van der Waals surface area (Å²) in [5.74, 6) is -0.0566. The van der Waals surface area contributed by atoms with E-state index in [9.17, 15) is 4.79 Å². The van der Waals surface area contributed by atoms with E-state index in [4.69, 9.17) is 28.9 Å². The molecule has 0 aromatic heterocycles. The number of halogens is 3. The molecule has 2 rings (SSSR count). The SMILES string of the molecule is Cl.NC1(C(=O)NCCc2ccc(Cl)cc2Cl)CCC1. The van der Waals surface area contributed by atoms with Crippen LogP contribution < -0.4 is 11.1 Å². The summed E-state index contributed by atoms with van der Waals surface area (Å²) in [6.07, 6.45) is 3.27. The van der Waals surface area contributed by atoms with Gasteiger partial charge in [0.2, 0.25) is 5.91 Å². The smallest absolute Gasteiger partial charge is 0.240 e. The summed E-state index contributed by atoms with van der Waals surface area (Å²) in [7, 11) is 0. The van der Waals surface area contributed by atoms with Crippen LogP contribution in [-0.4, -0.2) is 18.0 Å². The molecular formula is C13H17Cl3N2O. The van der Waals surface area contributed by atoms with Crippen LogP contribution in [0.5, 0.6) is 0 Å². The van der Waals surface area contributed by atoms with Gasteiger partial charge in [-0.1, -0.05) is 29.3 Å². The van der Waals surface area contributed by atoms with Crippen molar-refractivity contribution in [1.29, 1.82) is 0 Å². The standard InChI is InChI=1S/C13H16Cl2N2O.ClH/c14-10-3-2-9(11(15)8-10)4-7-17-12(18)13(16)5-1-6-13;/h2-3,8H,1,4-7,16H2,(H,17,18);1H. The molecule has 0 heterocycles. The largest absolute Gasteiger partial charge is 0.354 e. The third kappa shape index (κ3) is 3.99. The van der Waals surface area contributed by atoms with Gasteiger partial charge >= 0.3 is 0 Å². The Kier molecular flexibility index (Phi) is 5.93. The summed E-state index contributed by atoms with van der Waals surface area (Å²) in [4.78, 5) is 11.8. The van der Waals surface area contributed by atoms with Crippen LogP contribution in [0, 0.1) is 0 Å². The molecule has 6 heteroatoms. The van der Waals surface area contributed by atoms with E-state index in [0.29, 0.717) is 23.0 Å². The van der Waals surface area contributed by atoms with E-state index in [1.54, 1.807) is 12.1 Å². The van der Waals surface area contributed by atoms with Crippen LogP contribution in [0.25, 0.3) is 0 Å². The first-order valence-corrected chi connectivity index (χ1v) is 6.78. The van der Waals surface area contributed by atoms with E-state index in [0.717, 1.165) is 24.8 Å². The Morgan fingerprint density at radius 1 is 1.37 bits per heavy atom. The molecule has 0 spiro atoms. The van der Waals surface area contributed by atoms with E-state index in [-0.39, 0.29) is 18.3 Å². The maximum atomic E-state index is 11.8. The second kappa shape index (κ2) is 6.80. The molecule has 0 unspecified atom stereocenters. The molecule has 0 radical (unpaired) electrons. The molecule has 0 saturated heterocycles. The Morgan fingerprint density at radius 2 is 2.05 bits per heavy atom. The molecule has 1 aromatic rings. The average molecular weight is 324 g/mol. The lowest BCUT2D eigenvalue weighted by molar-refractivity contribution is -0.129. The molecular weight excluding hydrogens is 307 g/mol. The minimum Gasteiger partial charge on any atom is -0.354 e. The number of nitrogens with two attached hydrogens (primary N) is 1. The third-order valence-electron chi connectivity index (χ3n) is 3.39. The minimum atomic E-state index is -0.635. The van der Waals surface area contributed by atoms with E-state index in [2.05, 4.69) is 5.32 Å². The number of hydrogen-bond donors (Lipinski definition) is 2. The topological polar surface area (TPSA) is 55.1 Å². The van der Waals surface area contributed by atoms with Crippen LogP contribution in [0.2, 0.25) is 10.0 Å². The van der Waals surface area contributed by atoms with Gasteiger partial charge in [-0.05, 0) is 43.4 Å². The van der Waals surface area contributed by atoms with E-state index < -0.39 is 5.54 Å². The summed E-state index contributed by atoms with van der Waals surface area (Å²) < 4.78 is 0. The molecule has 3 nitrogen and oxygen atoms in total. The zero-order chi connectivity index (χ0) is 13.2. The summed E-state index contributed by atoms with van der Waals surface area (Å²) in [5, 5.41) is 4.10. The van der Waals surface area contributed by atoms with Crippen molar-refractivity contribution in [3.63, 3.8) is 0 Å². The Balaban J connectivity index is 0.00000180. The number of rotatable bonds is 4. The molecule has 1 aromatic carbocycles. The van der Waals surface area contributed by atoms with Gasteiger partial charge in [0.15, 0.2) is 0 Å². The molecule has 1 saturated carbocycles. The van der Waals surface area contributed by atoms with Gasteiger partial charge in [0.25, 0.3) is 0 Å². The molecule has 19 heavy (non-hydrogen) atoms. The van der Waals surface area contributed by atoms with E-state index >= 15 is 0 Å². The summed E-state index contributed by atoms with van der Waals surface area (Å²) >= 11 is 11.9. The Bertz CT molecular complexity index is 461. The lowest BCUT2D eigenvalue weighted by Gasteiger charge is -2.36. The lowest BCUT2D eigenvalue weighted by Crippen LogP contribution is -2.58. The van der Waals surface area contributed by atoms with Gasteiger partial charge in [0.05, 0.1) is 5.54 Å². The van der Waals surface area contributed by atoms with Crippen molar-refractivity contribution in [2.24, 2.45) is 5.73 Å². The number of nitrogens with one attached hydrogen (secondary N) is 1. The van der Waals surface area contributed by atoms with Crippen molar-refractivity contribution in [3.8, 4) is 0 Å². The molecule has 3 N–H and O–H groups in total. The number of benzene rings is 1. The van der Waals surface area contributed by atoms with Crippen LogP contribution in [0.3, 0.4) is 0 Å². The Labute approximate surface area is 129 Å². The van der Waals surface area contributed by atoms with Gasteiger partial charge in [-0.25, -0.2) is 0 Å². The van der Waals surface area contributed by atoms with Gasteiger partial charge < -0.3 is 11.1 Å². The molecule has 0 atom stereocenters. The van der Waals surface area contributed by atoms with Gasteiger partial charge in [-0.2, -0.15) is 0 Å². The third-order valence-corrected chi connectivity index (χ3v) is 3.98. The number of carbonyl (C=O) groups excluding carboxylic acids is 1. The molecule has 1 aliphatic rings. The highest BCUT2D eigenvalue weighted by Crippen LogP contribution is 2.29. The second-order valence-corrected chi connectivity index (χ2v) is 5.59. The van der Waals surface area contributed by atoms with Gasteiger partial charge in [-0.3, -0.25) is 4.79 Å². The first-order valence-electron chi connectivity index (χ1n) is 6.02. The summed E-state index contributed by atoms with van der Waals surface area (Å²) in [6.45, 7) is 0.541. The van der Waals surface area contributed by atoms with Crippen LogP contribution in [0.15, 0.2) is 18.2 Å². The van der Waals surface area contributed by atoms with Crippen molar-refractivity contribution in [3.05, 3.63) is 33.8 Å². The summed E-state index contributed by atoms with van der Waals surface area (Å²) in [6, 6.07) is 5.37. The van der Waals surface area contributed by atoms with Crippen LogP contribution in [0.1, 0.15) is 24.8 Å². The number of amides is 1. The predicted octanol–water partition coefficient (Wildman–Crippen LogP) is 2.96. The molecule has 0 aliphatic heterocycles. The number of hydrogen-bond acceptors (Lipinski definition) is 2. The highest BCUT2D eigenvalue weighted by atomic mass is 35.5. The molecule has 1 fully saturated rings. The fourth-order valence-electron chi connectivity index (χ4n) is 2.00.